The van der Waals surface area contributed by atoms with Crippen LogP contribution in [0.4, 0.5) is 0 Å². The van der Waals surface area contributed by atoms with E-state index >= 15 is 0 Å². The van der Waals surface area contributed by atoms with Crippen molar-refractivity contribution in [3.63, 3.8) is 0 Å². The van der Waals surface area contributed by atoms with Crippen molar-refractivity contribution < 1.29 is 13.9 Å². The van der Waals surface area contributed by atoms with Gasteiger partial charge < -0.3 is 14.1 Å². The van der Waals surface area contributed by atoms with E-state index in [0.29, 0.717) is 46.6 Å². The van der Waals surface area contributed by atoms with Crippen LogP contribution >= 0.6 is 23.2 Å². The summed E-state index contributed by atoms with van der Waals surface area (Å²) in [6.07, 6.45) is 2.30. The third kappa shape index (κ3) is 4.86. The van der Waals surface area contributed by atoms with E-state index in [2.05, 4.69) is 4.98 Å². The van der Waals surface area contributed by atoms with Gasteiger partial charge in [0.1, 0.15) is 5.75 Å². The van der Waals surface area contributed by atoms with Crippen LogP contribution in [0.15, 0.2) is 53.1 Å². The molecule has 1 amide bonds. The molecule has 28 heavy (non-hydrogen) atoms. The van der Waals surface area contributed by atoms with Crippen LogP contribution in [-0.4, -0.2) is 29.9 Å². The number of carbonyl (C=O) groups excluding carboxylic acids is 1. The third-order valence-corrected chi connectivity index (χ3v) is 4.88. The molecule has 1 heterocycles. The molecule has 0 fully saturated rings. The molecule has 1 aromatic heterocycles. The third-order valence-electron chi connectivity index (χ3n) is 4.33. The molecule has 3 rings (SSSR count). The first-order chi connectivity index (χ1) is 13.5. The topological polar surface area (TPSA) is 55.6 Å². The maximum atomic E-state index is 12.5. The highest BCUT2D eigenvalue weighted by molar-refractivity contribution is 6.36. The molecule has 0 saturated heterocycles. The fraction of sp³-hybridized carbons (Fsp3) is 0.238. The Hall–Kier alpha value is -2.50. The first-order valence-electron chi connectivity index (χ1n) is 8.74. The molecule has 0 aliphatic carbocycles. The Morgan fingerprint density at radius 3 is 2.75 bits per heavy atom. The number of benzene rings is 2. The average molecular weight is 419 g/mol. The second-order valence-corrected chi connectivity index (χ2v) is 7.15. The predicted molar refractivity (Wildman–Crippen MR) is 110 cm³/mol. The molecular formula is C21H20Cl2N2O3. The molecule has 7 heteroatoms. The van der Waals surface area contributed by atoms with Crippen LogP contribution in [0, 0.1) is 0 Å². The minimum absolute atomic E-state index is 0.00446. The fourth-order valence-corrected chi connectivity index (χ4v) is 3.32. The number of amides is 1. The second-order valence-electron chi connectivity index (χ2n) is 6.30. The Morgan fingerprint density at radius 2 is 2.00 bits per heavy atom. The zero-order valence-electron chi connectivity index (χ0n) is 15.6. The van der Waals surface area contributed by atoms with E-state index in [1.165, 1.54) is 0 Å². The highest BCUT2D eigenvalue weighted by Gasteiger charge is 2.15. The van der Waals surface area contributed by atoms with Gasteiger partial charge in [0, 0.05) is 42.6 Å². The molecule has 146 valence electrons. The van der Waals surface area contributed by atoms with Gasteiger partial charge in [-0.25, -0.2) is 4.98 Å². The molecule has 0 bridgehead atoms. The largest absolute Gasteiger partial charge is 0.496 e. The lowest BCUT2D eigenvalue weighted by molar-refractivity contribution is -0.130. The minimum Gasteiger partial charge on any atom is -0.496 e. The van der Waals surface area contributed by atoms with E-state index in [9.17, 15) is 4.79 Å². The first-order valence-corrected chi connectivity index (χ1v) is 9.49. The number of hydrogen-bond acceptors (Lipinski definition) is 4. The van der Waals surface area contributed by atoms with Crippen LogP contribution in [-0.2, 0) is 17.8 Å². The second kappa shape index (κ2) is 9.13. The summed E-state index contributed by atoms with van der Waals surface area (Å²) in [6, 6.07) is 12.8. The number of rotatable bonds is 7. The molecule has 0 unspecified atom stereocenters. The molecule has 3 aromatic rings. The van der Waals surface area contributed by atoms with Crippen LogP contribution in [0.25, 0.3) is 11.3 Å². The van der Waals surface area contributed by atoms with E-state index in [1.54, 1.807) is 43.5 Å². The van der Waals surface area contributed by atoms with Crippen LogP contribution < -0.4 is 4.74 Å². The van der Waals surface area contributed by atoms with Gasteiger partial charge in [-0.15, -0.1) is 0 Å². The molecule has 0 saturated carbocycles. The quantitative estimate of drug-likeness (QED) is 0.525. The van der Waals surface area contributed by atoms with Gasteiger partial charge in [0.2, 0.25) is 5.91 Å². The minimum atomic E-state index is -0.00446. The number of halogens is 2. The number of ether oxygens (including phenoxy) is 1. The van der Waals surface area contributed by atoms with Gasteiger partial charge in [-0.2, -0.15) is 0 Å². The van der Waals surface area contributed by atoms with Crippen LogP contribution in [0.5, 0.6) is 5.75 Å². The van der Waals surface area contributed by atoms with E-state index in [-0.39, 0.29) is 5.91 Å². The number of para-hydroxylation sites is 1. The van der Waals surface area contributed by atoms with Gasteiger partial charge in [0.25, 0.3) is 0 Å². The smallest absolute Gasteiger partial charge is 0.223 e. The summed E-state index contributed by atoms with van der Waals surface area (Å²) in [5.74, 6) is 1.79. The summed E-state index contributed by atoms with van der Waals surface area (Å²) in [7, 11) is 3.39. The van der Waals surface area contributed by atoms with Crippen molar-refractivity contribution in [3.8, 4) is 17.1 Å². The molecule has 0 atom stereocenters. The molecule has 0 spiro atoms. The highest BCUT2D eigenvalue weighted by atomic mass is 35.5. The lowest BCUT2D eigenvalue weighted by Gasteiger charge is -2.18. The Morgan fingerprint density at radius 1 is 1.21 bits per heavy atom. The number of oxazole rings is 1. The standard InChI is InChI=1S/C21H20Cl2N2O3/c1-25(13-14-5-3-4-6-18(14)27-2)21(26)10-9-20-24-12-19(28-20)16-8-7-15(22)11-17(16)23/h3-8,11-12H,9-10,13H2,1-2H3. The highest BCUT2D eigenvalue weighted by Crippen LogP contribution is 2.31. The first kappa shape index (κ1) is 20.2. The Bertz CT molecular complexity index is 972. The number of methoxy groups -OCH3 is 1. The van der Waals surface area contributed by atoms with Crippen molar-refractivity contribution in [2.45, 2.75) is 19.4 Å². The SMILES string of the molecule is COc1ccccc1CN(C)C(=O)CCc1ncc(-c2ccc(Cl)cc2Cl)o1. The van der Waals surface area contributed by atoms with Gasteiger partial charge in [-0.05, 0) is 24.3 Å². The Labute approximate surface area is 173 Å². The maximum absolute atomic E-state index is 12.5. The summed E-state index contributed by atoms with van der Waals surface area (Å²) in [5.41, 5.74) is 1.67. The number of hydrogen-bond donors (Lipinski definition) is 0. The van der Waals surface area contributed by atoms with Gasteiger partial charge in [-0.3, -0.25) is 4.79 Å². The number of aryl methyl sites for hydroxylation is 1. The van der Waals surface area contributed by atoms with Crippen molar-refractivity contribution >= 4 is 29.1 Å². The normalized spacial score (nSPS) is 10.7. The van der Waals surface area contributed by atoms with E-state index in [1.807, 2.05) is 24.3 Å². The molecule has 0 aliphatic rings. The van der Waals surface area contributed by atoms with Crippen molar-refractivity contribution in [3.05, 3.63) is 70.2 Å². The van der Waals surface area contributed by atoms with Crippen molar-refractivity contribution in [1.82, 2.24) is 9.88 Å². The van der Waals surface area contributed by atoms with Gasteiger partial charge in [-0.1, -0.05) is 41.4 Å². The summed E-state index contributed by atoms with van der Waals surface area (Å²) in [5, 5.41) is 1.04. The summed E-state index contributed by atoms with van der Waals surface area (Å²) < 4.78 is 11.1. The summed E-state index contributed by atoms with van der Waals surface area (Å²) >= 11 is 12.1. The fourth-order valence-electron chi connectivity index (χ4n) is 2.82. The number of nitrogens with zero attached hydrogens (tertiary/aromatic N) is 2. The Kier molecular flexibility index (Phi) is 6.60. The predicted octanol–water partition coefficient (Wildman–Crippen LogP) is 5.25. The maximum Gasteiger partial charge on any atom is 0.223 e. The summed E-state index contributed by atoms with van der Waals surface area (Å²) in [6.45, 7) is 0.472. The molecule has 5 nitrogen and oxygen atoms in total. The van der Waals surface area contributed by atoms with E-state index < -0.39 is 0 Å². The van der Waals surface area contributed by atoms with E-state index in [4.69, 9.17) is 32.4 Å². The average Bonchev–Trinajstić information content (AvgIpc) is 3.15. The van der Waals surface area contributed by atoms with Crippen LogP contribution in [0.1, 0.15) is 17.9 Å². The van der Waals surface area contributed by atoms with Crippen molar-refractivity contribution in [1.29, 1.82) is 0 Å². The van der Waals surface area contributed by atoms with Gasteiger partial charge in [0.15, 0.2) is 11.7 Å². The number of aromatic nitrogens is 1. The molecule has 0 N–H and O–H groups in total. The molecular weight excluding hydrogens is 399 g/mol. The number of carbonyl (C=O) groups is 1. The van der Waals surface area contributed by atoms with Crippen molar-refractivity contribution in [2.75, 3.05) is 14.2 Å². The van der Waals surface area contributed by atoms with Crippen LogP contribution in [0.3, 0.4) is 0 Å². The monoisotopic (exact) mass is 418 g/mol. The zero-order valence-corrected chi connectivity index (χ0v) is 17.1. The molecule has 0 radical (unpaired) electrons. The summed E-state index contributed by atoms with van der Waals surface area (Å²) in [4.78, 5) is 18.4. The lowest BCUT2D eigenvalue weighted by atomic mass is 10.2. The van der Waals surface area contributed by atoms with Crippen molar-refractivity contribution in [2.24, 2.45) is 0 Å². The van der Waals surface area contributed by atoms with E-state index in [0.717, 1.165) is 11.3 Å². The van der Waals surface area contributed by atoms with Gasteiger partial charge in [0.05, 0.1) is 18.3 Å². The zero-order chi connectivity index (χ0) is 20.1. The molecule has 2 aromatic carbocycles. The van der Waals surface area contributed by atoms with Crippen LogP contribution in [0.2, 0.25) is 10.0 Å². The lowest BCUT2D eigenvalue weighted by Crippen LogP contribution is -2.26. The Balaban J connectivity index is 1.59. The van der Waals surface area contributed by atoms with Gasteiger partial charge >= 0.3 is 0 Å². The molecule has 0 aliphatic heterocycles.